The molecular weight excluding hydrogens is 254 g/mol. The molecule has 0 unspecified atom stereocenters. The van der Waals surface area contributed by atoms with Gasteiger partial charge in [0.1, 0.15) is 4.88 Å². The van der Waals surface area contributed by atoms with Gasteiger partial charge in [0, 0.05) is 6.07 Å². The number of aromatic nitrogens is 2. The number of rotatable bonds is 4. The third-order valence-electron chi connectivity index (χ3n) is 2.19. The number of ether oxygens (including phenoxy) is 1. The molecule has 2 N–H and O–H groups in total. The summed E-state index contributed by atoms with van der Waals surface area (Å²) < 4.78 is 4.94. The van der Waals surface area contributed by atoms with Crippen molar-refractivity contribution in [1.29, 1.82) is 0 Å². The minimum absolute atomic E-state index is 0.235. The van der Waals surface area contributed by atoms with E-state index in [4.69, 9.17) is 9.84 Å². The van der Waals surface area contributed by atoms with Crippen LogP contribution in [0.2, 0.25) is 0 Å². The van der Waals surface area contributed by atoms with E-state index in [1.54, 1.807) is 32.4 Å². The number of carbonyl (C=O) groups is 1. The Morgan fingerprint density at radius 2 is 2.28 bits per heavy atom. The van der Waals surface area contributed by atoms with Crippen LogP contribution in [0, 0.1) is 6.92 Å². The highest BCUT2D eigenvalue weighted by Crippen LogP contribution is 2.25. The van der Waals surface area contributed by atoms with E-state index < -0.39 is 5.97 Å². The van der Waals surface area contributed by atoms with Gasteiger partial charge < -0.3 is 15.2 Å². The highest BCUT2D eigenvalue weighted by Gasteiger charge is 2.13. The number of hydrogen-bond acceptors (Lipinski definition) is 6. The van der Waals surface area contributed by atoms with Crippen molar-refractivity contribution >= 4 is 28.1 Å². The summed E-state index contributed by atoms with van der Waals surface area (Å²) in [7, 11) is 1.54. The summed E-state index contributed by atoms with van der Waals surface area (Å²) in [6.07, 6.45) is 1.59. The van der Waals surface area contributed by atoms with E-state index in [-0.39, 0.29) is 4.88 Å². The highest BCUT2D eigenvalue weighted by molar-refractivity contribution is 7.17. The number of methoxy groups -OCH3 is 1. The SMILES string of the molecule is COc1ccc(Nc2nc(C)c(C(=O)O)s2)cn1. The first-order valence-electron chi connectivity index (χ1n) is 5.08. The van der Waals surface area contributed by atoms with Gasteiger partial charge in [0.25, 0.3) is 0 Å². The molecule has 2 aromatic heterocycles. The number of nitrogens with zero attached hydrogens (tertiary/aromatic N) is 2. The van der Waals surface area contributed by atoms with Gasteiger partial charge in [-0.1, -0.05) is 11.3 Å². The van der Waals surface area contributed by atoms with Crippen molar-refractivity contribution in [2.24, 2.45) is 0 Å². The Morgan fingerprint density at radius 3 is 2.78 bits per heavy atom. The second-order valence-electron chi connectivity index (χ2n) is 3.45. The van der Waals surface area contributed by atoms with Gasteiger partial charge in [-0.15, -0.1) is 0 Å². The molecule has 0 fully saturated rings. The fourth-order valence-corrected chi connectivity index (χ4v) is 2.17. The fourth-order valence-electron chi connectivity index (χ4n) is 1.35. The summed E-state index contributed by atoms with van der Waals surface area (Å²) in [6, 6.07) is 3.49. The quantitative estimate of drug-likeness (QED) is 0.882. The van der Waals surface area contributed by atoms with Gasteiger partial charge in [-0.3, -0.25) is 0 Å². The summed E-state index contributed by atoms with van der Waals surface area (Å²) in [4.78, 5) is 19.3. The van der Waals surface area contributed by atoms with Gasteiger partial charge in [-0.2, -0.15) is 0 Å². The molecule has 0 radical (unpaired) electrons. The van der Waals surface area contributed by atoms with E-state index in [0.29, 0.717) is 16.7 Å². The van der Waals surface area contributed by atoms with Crippen LogP contribution in [-0.2, 0) is 0 Å². The van der Waals surface area contributed by atoms with Crippen LogP contribution in [-0.4, -0.2) is 28.2 Å². The summed E-state index contributed by atoms with van der Waals surface area (Å²) in [6.45, 7) is 1.66. The molecule has 0 atom stereocenters. The van der Waals surface area contributed by atoms with Gasteiger partial charge in [-0.05, 0) is 13.0 Å². The van der Waals surface area contributed by atoms with E-state index in [1.807, 2.05) is 0 Å². The van der Waals surface area contributed by atoms with Gasteiger partial charge in [-0.25, -0.2) is 14.8 Å². The lowest BCUT2D eigenvalue weighted by atomic mass is 10.4. The molecule has 0 saturated heterocycles. The monoisotopic (exact) mass is 265 g/mol. The molecule has 94 valence electrons. The highest BCUT2D eigenvalue weighted by atomic mass is 32.1. The van der Waals surface area contributed by atoms with Gasteiger partial charge in [0.15, 0.2) is 5.13 Å². The predicted molar refractivity (Wildman–Crippen MR) is 67.9 cm³/mol. The Hall–Kier alpha value is -2.15. The molecule has 0 aliphatic carbocycles. The molecule has 0 bridgehead atoms. The van der Waals surface area contributed by atoms with Crippen LogP contribution >= 0.6 is 11.3 Å². The molecule has 2 heterocycles. The first-order chi connectivity index (χ1) is 8.60. The zero-order valence-corrected chi connectivity index (χ0v) is 10.6. The number of pyridine rings is 1. The zero-order chi connectivity index (χ0) is 13.1. The molecule has 0 aliphatic rings. The smallest absolute Gasteiger partial charge is 0.347 e. The molecule has 6 nitrogen and oxygen atoms in total. The van der Waals surface area contributed by atoms with E-state index >= 15 is 0 Å². The molecule has 2 aromatic rings. The van der Waals surface area contributed by atoms with Crippen LogP contribution in [0.3, 0.4) is 0 Å². The van der Waals surface area contributed by atoms with Gasteiger partial charge in [0.05, 0.1) is 24.7 Å². The van der Waals surface area contributed by atoms with Crippen molar-refractivity contribution in [3.63, 3.8) is 0 Å². The van der Waals surface area contributed by atoms with Crippen LogP contribution in [0.25, 0.3) is 0 Å². The Morgan fingerprint density at radius 1 is 1.50 bits per heavy atom. The van der Waals surface area contributed by atoms with Crippen molar-refractivity contribution in [2.75, 3.05) is 12.4 Å². The molecule has 0 amide bonds. The van der Waals surface area contributed by atoms with Gasteiger partial charge in [0.2, 0.25) is 5.88 Å². The third kappa shape index (κ3) is 2.57. The van der Waals surface area contributed by atoms with Crippen LogP contribution < -0.4 is 10.1 Å². The number of carboxylic acid groups (broad SMARTS) is 1. The molecule has 7 heteroatoms. The summed E-state index contributed by atoms with van der Waals surface area (Å²) >= 11 is 1.09. The second kappa shape index (κ2) is 5.01. The summed E-state index contributed by atoms with van der Waals surface area (Å²) in [5.74, 6) is -0.451. The van der Waals surface area contributed by atoms with Crippen LogP contribution in [0.4, 0.5) is 10.8 Å². The predicted octanol–water partition coefficient (Wildman–Crippen LogP) is 2.30. The van der Waals surface area contributed by atoms with Crippen molar-refractivity contribution in [3.05, 3.63) is 28.9 Å². The van der Waals surface area contributed by atoms with Crippen molar-refractivity contribution in [1.82, 2.24) is 9.97 Å². The topological polar surface area (TPSA) is 84.3 Å². The van der Waals surface area contributed by atoms with Crippen LogP contribution in [0.5, 0.6) is 5.88 Å². The lowest BCUT2D eigenvalue weighted by molar-refractivity contribution is 0.0701. The third-order valence-corrected chi connectivity index (χ3v) is 3.25. The average Bonchev–Trinajstić information content (AvgIpc) is 2.71. The molecule has 0 aliphatic heterocycles. The average molecular weight is 265 g/mol. The molecule has 0 aromatic carbocycles. The Labute approximate surface area is 107 Å². The number of carboxylic acids is 1. The lowest BCUT2D eigenvalue weighted by Crippen LogP contribution is -1.94. The van der Waals surface area contributed by atoms with Crippen molar-refractivity contribution in [2.45, 2.75) is 6.92 Å². The minimum atomic E-state index is -0.967. The molecule has 0 spiro atoms. The molecule has 0 saturated carbocycles. The van der Waals surface area contributed by atoms with E-state index in [2.05, 4.69) is 15.3 Å². The first kappa shape index (κ1) is 12.3. The molecule has 18 heavy (non-hydrogen) atoms. The van der Waals surface area contributed by atoms with E-state index in [0.717, 1.165) is 17.0 Å². The second-order valence-corrected chi connectivity index (χ2v) is 4.45. The zero-order valence-electron chi connectivity index (χ0n) is 9.80. The Kier molecular flexibility index (Phi) is 3.42. The fraction of sp³-hybridized carbons (Fsp3) is 0.182. The number of hydrogen-bond donors (Lipinski definition) is 2. The largest absolute Gasteiger partial charge is 0.481 e. The van der Waals surface area contributed by atoms with E-state index in [9.17, 15) is 4.79 Å². The maximum Gasteiger partial charge on any atom is 0.347 e. The summed E-state index contributed by atoms with van der Waals surface area (Å²) in [5, 5.41) is 12.4. The van der Waals surface area contributed by atoms with Crippen molar-refractivity contribution in [3.8, 4) is 5.88 Å². The number of aryl methyl sites for hydroxylation is 1. The Bertz CT molecular complexity index is 565. The standard InChI is InChI=1S/C11H11N3O3S/c1-6-9(10(15)16)18-11(13-6)14-7-3-4-8(17-2)12-5-7/h3-5H,1-2H3,(H,13,14)(H,15,16). The number of anilines is 2. The first-order valence-corrected chi connectivity index (χ1v) is 5.89. The van der Waals surface area contributed by atoms with Crippen LogP contribution in [0.1, 0.15) is 15.4 Å². The number of aromatic carboxylic acids is 1. The lowest BCUT2D eigenvalue weighted by Gasteiger charge is -2.02. The number of nitrogens with one attached hydrogen (secondary N) is 1. The van der Waals surface area contributed by atoms with E-state index in [1.165, 1.54) is 0 Å². The maximum atomic E-state index is 10.9. The van der Waals surface area contributed by atoms with Crippen LogP contribution in [0.15, 0.2) is 18.3 Å². The number of thiazole rings is 1. The van der Waals surface area contributed by atoms with Gasteiger partial charge >= 0.3 is 5.97 Å². The summed E-state index contributed by atoms with van der Waals surface area (Å²) in [5.41, 5.74) is 1.22. The maximum absolute atomic E-state index is 10.9. The Balaban J connectivity index is 2.18. The molecule has 2 rings (SSSR count). The van der Waals surface area contributed by atoms with Crippen molar-refractivity contribution < 1.29 is 14.6 Å². The molecular formula is C11H11N3O3S. The normalized spacial score (nSPS) is 10.1. The minimum Gasteiger partial charge on any atom is -0.481 e.